The fourth-order valence-electron chi connectivity index (χ4n) is 1.70. The lowest BCUT2D eigenvalue weighted by molar-refractivity contribution is -0.147. The van der Waals surface area contributed by atoms with Gasteiger partial charge in [-0.3, -0.25) is 0 Å². The number of alkyl halides is 3. The summed E-state index contributed by atoms with van der Waals surface area (Å²) in [6, 6.07) is -1.41. The zero-order valence-electron chi connectivity index (χ0n) is 8.32. The zero-order valence-corrected chi connectivity index (χ0v) is 8.32. The fourth-order valence-corrected chi connectivity index (χ4v) is 1.70. The molecule has 0 radical (unpaired) electrons. The molecule has 82 valence electrons. The van der Waals surface area contributed by atoms with E-state index in [2.05, 4.69) is 5.32 Å². The summed E-state index contributed by atoms with van der Waals surface area (Å²) in [7, 11) is 0. The largest absolute Gasteiger partial charge is 0.407 e. The molecule has 14 heavy (non-hydrogen) atoms. The van der Waals surface area contributed by atoms with E-state index >= 15 is 0 Å². The number of hydrogen-bond donors (Lipinski definition) is 1. The lowest BCUT2D eigenvalue weighted by Crippen LogP contribution is -2.43. The molecule has 0 saturated carbocycles. The van der Waals surface area contributed by atoms with Crippen molar-refractivity contribution in [2.24, 2.45) is 0 Å². The summed E-state index contributed by atoms with van der Waals surface area (Å²) in [4.78, 5) is 0. The molecule has 1 rings (SSSR count). The highest BCUT2D eigenvalue weighted by atomic mass is 19.4. The number of rotatable bonds is 4. The zero-order chi connectivity index (χ0) is 10.6. The van der Waals surface area contributed by atoms with E-state index in [9.17, 15) is 13.2 Å². The Morgan fingerprint density at radius 1 is 1.50 bits per heavy atom. The molecule has 0 fully saturated rings. The average Bonchev–Trinajstić information content (AvgIpc) is 2.55. The Kier molecular flexibility index (Phi) is 3.98. The highest BCUT2D eigenvalue weighted by Gasteiger charge is 2.41. The van der Waals surface area contributed by atoms with Crippen LogP contribution in [0.1, 0.15) is 32.6 Å². The van der Waals surface area contributed by atoms with Crippen molar-refractivity contribution in [3.8, 4) is 0 Å². The SMILES string of the molecule is CCCNC(C1=CCCC1)C(F)(F)F. The second-order valence-electron chi connectivity index (χ2n) is 3.60. The van der Waals surface area contributed by atoms with Crippen LogP contribution >= 0.6 is 0 Å². The first-order valence-corrected chi connectivity index (χ1v) is 5.04. The van der Waals surface area contributed by atoms with E-state index in [-0.39, 0.29) is 0 Å². The first-order valence-electron chi connectivity index (χ1n) is 5.04. The van der Waals surface area contributed by atoms with Gasteiger partial charge in [0.1, 0.15) is 6.04 Å². The van der Waals surface area contributed by atoms with E-state index in [0.29, 0.717) is 18.5 Å². The van der Waals surface area contributed by atoms with Crippen LogP contribution in [0.3, 0.4) is 0 Å². The Morgan fingerprint density at radius 3 is 2.64 bits per heavy atom. The van der Waals surface area contributed by atoms with Crippen molar-refractivity contribution >= 4 is 0 Å². The van der Waals surface area contributed by atoms with E-state index < -0.39 is 12.2 Å². The van der Waals surface area contributed by atoms with Gasteiger partial charge in [-0.2, -0.15) is 13.2 Å². The topological polar surface area (TPSA) is 12.0 Å². The maximum absolute atomic E-state index is 12.6. The quantitative estimate of drug-likeness (QED) is 0.699. The van der Waals surface area contributed by atoms with Crippen LogP contribution in [0.15, 0.2) is 11.6 Å². The third kappa shape index (κ3) is 3.01. The summed E-state index contributed by atoms with van der Waals surface area (Å²) >= 11 is 0. The molecule has 0 aromatic rings. The predicted molar refractivity (Wildman–Crippen MR) is 50.1 cm³/mol. The highest BCUT2D eigenvalue weighted by Crippen LogP contribution is 2.31. The van der Waals surface area contributed by atoms with E-state index in [1.807, 2.05) is 6.92 Å². The minimum atomic E-state index is -4.15. The van der Waals surface area contributed by atoms with Gasteiger partial charge in [0, 0.05) is 0 Å². The van der Waals surface area contributed by atoms with Crippen molar-refractivity contribution in [2.45, 2.75) is 44.8 Å². The van der Waals surface area contributed by atoms with Crippen molar-refractivity contribution < 1.29 is 13.2 Å². The Hall–Kier alpha value is -0.510. The molecule has 1 unspecified atom stereocenters. The van der Waals surface area contributed by atoms with Crippen molar-refractivity contribution in [1.82, 2.24) is 5.32 Å². The monoisotopic (exact) mass is 207 g/mol. The summed E-state index contributed by atoms with van der Waals surface area (Å²) in [5.41, 5.74) is 0.519. The van der Waals surface area contributed by atoms with Crippen LogP contribution in [-0.2, 0) is 0 Å². The van der Waals surface area contributed by atoms with E-state index in [4.69, 9.17) is 0 Å². The maximum Gasteiger partial charge on any atom is 0.407 e. The number of allylic oxidation sites excluding steroid dienone is 1. The second-order valence-corrected chi connectivity index (χ2v) is 3.60. The van der Waals surface area contributed by atoms with Gasteiger partial charge in [0.05, 0.1) is 0 Å². The van der Waals surface area contributed by atoms with Crippen molar-refractivity contribution in [3.05, 3.63) is 11.6 Å². The van der Waals surface area contributed by atoms with Gasteiger partial charge in [-0.25, -0.2) is 0 Å². The number of halogens is 3. The molecule has 0 aromatic carbocycles. The fraction of sp³-hybridized carbons (Fsp3) is 0.800. The molecule has 0 spiro atoms. The summed E-state index contributed by atoms with van der Waals surface area (Å²) in [6.45, 7) is 2.28. The van der Waals surface area contributed by atoms with Crippen molar-refractivity contribution in [1.29, 1.82) is 0 Å². The van der Waals surface area contributed by atoms with Gasteiger partial charge in [0.2, 0.25) is 0 Å². The third-order valence-electron chi connectivity index (χ3n) is 2.37. The van der Waals surface area contributed by atoms with Crippen LogP contribution in [-0.4, -0.2) is 18.8 Å². The minimum Gasteiger partial charge on any atom is -0.303 e. The van der Waals surface area contributed by atoms with E-state index in [0.717, 1.165) is 19.3 Å². The molecular formula is C10H16F3N. The van der Waals surface area contributed by atoms with Gasteiger partial charge in [0.25, 0.3) is 0 Å². The molecule has 0 amide bonds. The molecule has 0 bridgehead atoms. The minimum absolute atomic E-state index is 0.418. The summed E-state index contributed by atoms with van der Waals surface area (Å²) in [6.07, 6.45) is 0.526. The number of hydrogen-bond acceptors (Lipinski definition) is 1. The summed E-state index contributed by atoms with van der Waals surface area (Å²) in [5, 5.41) is 2.56. The van der Waals surface area contributed by atoms with Crippen molar-refractivity contribution in [2.75, 3.05) is 6.54 Å². The Morgan fingerprint density at radius 2 is 2.21 bits per heavy atom. The second kappa shape index (κ2) is 4.82. The Labute approximate surface area is 82.4 Å². The van der Waals surface area contributed by atoms with Gasteiger partial charge in [-0.15, -0.1) is 0 Å². The molecule has 0 aromatic heterocycles. The molecule has 1 atom stereocenters. The number of nitrogens with one attached hydrogen (secondary N) is 1. The van der Waals surface area contributed by atoms with Gasteiger partial charge in [-0.05, 0) is 37.8 Å². The van der Waals surface area contributed by atoms with E-state index in [1.165, 1.54) is 0 Å². The molecule has 1 nitrogen and oxygen atoms in total. The van der Waals surface area contributed by atoms with E-state index in [1.54, 1.807) is 6.08 Å². The maximum atomic E-state index is 12.6. The third-order valence-corrected chi connectivity index (χ3v) is 2.37. The van der Waals surface area contributed by atoms with Crippen molar-refractivity contribution in [3.63, 3.8) is 0 Å². The normalized spacial score (nSPS) is 19.6. The molecule has 0 saturated heterocycles. The molecule has 0 aliphatic heterocycles. The van der Waals surface area contributed by atoms with Gasteiger partial charge < -0.3 is 5.32 Å². The molecular weight excluding hydrogens is 191 g/mol. The predicted octanol–water partition coefficient (Wildman–Crippen LogP) is 3.03. The highest BCUT2D eigenvalue weighted by molar-refractivity contribution is 5.17. The van der Waals surface area contributed by atoms with Crippen LogP contribution in [0, 0.1) is 0 Å². The van der Waals surface area contributed by atoms with Crippen LogP contribution in [0.4, 0.5) is 13.2 Å². The Balaban J connectivity index is 2.61. The summed E-state index contributed by atoms with van der Waals surface area (Å²) in [5.74, 6) is 0. The average molecular weight is 207 g/mol. The molecule has 1 aliphatic rings. The first-order chi connectivity index (χ1) is 6.55. The van der Waals surface area contributed by atoms with Gasteiger partial charge in [-0.1, -0.05) is 13.0 Å². The Bertz CT molecular complexity index is 208. The summed E-state index contributed by atoms with van der Waals surface area (Å²) < 4.78 is 37.8. The molecule has 4 heteroatoms. The van der Waals surface area contributed by atoms with Gasteiger partial charge in [0.15, 0.2) is 0 Å². The van der Waals surface area contributed by atoms with Crippen LogP contribution in [0.2, 0.25) is 0 Å². The smallest absolute Gasteiger partial charge is 0.303 e. The van der Waals surface area contributed by atoms with Gasteiger partial charge >= 0.3 is 6.18 Å². The molecule has 1 aliphatic carbocycles. The van der Waals surface area contributed by atoms with Crippen LogP contribution in [0.25, 0.3) is 0 Å². The lowest BCUT2D eigenvalue weighted by atomic mass is 10.1. The van der Waals surface area contributed by atoms with Crippen LogP contribution < -0.4 is 5.32 Å². The molecule has 1 N–H and O–H groups in total. The lowest BCUT2D eigenvalue weighted by Gasteiger charge is -2.22. The molecule has 0 heterocycles. The standard InChI is InChI=1S/C10H16F3N/c1-2-7-14-9(10(11,12)13)8-5-3-4-6-8/h5,9,14H,2-4,6-7H2,1H3. The van der Waals surface area contributed by atoms with Crippen LogP contribution in [0.5, 0.6) is 0 Å². The first kappa shape index (κ1) is 11.6.